The summed E-state index contributed by atoms with van der Waals surface area (Å²) in [6, 6.07) is 15.9. The monoisotopic (exact) mass is 475 g/mol. The fourth-order valence-corrected chi connectivity index (χ4v) is 3.57. The molecule has 1 aromatic carbocycles. The van der Waals surface area contributed by atoms with Crippen LogP contribution in [0.5, 0.6) is 0 Å². The van der Waals surface area contributed by atoms with Crippen molar-refractivity contribution in [3.05, 3.63) is 72.2 Å². The van der Waals surface area contributed by atoms with E-state index in [1.807, 2.05) is 48.3 Å². The fourth-order valence-electron chi connectivity index (χ4n) is 3.57. The highest BCUT2D eigenvalue weighted by Gasteiger charge is 2.38. The molecule has 2 N–H and O–H groups in total. The summed E-state index contributed by atoms with van der Waals surface area (Å²) in [7, 11) is 1.82. The molecule has 180 valence electrons. The van der Waals surface area contributed by atoms with Crippen LogP contribution in [-0.2, 0) is 11.8 Å². The Kier molecular flexibility index (Phi) is 8.00. The number of hydrogen-bond donors (Lipinski definition) is 2. The molecular weight excluding hydrogens is 451 g/mol. The minimum atomic E-state index is -5.08. The van der Waals surface area contributed by atoms with Crippen molar-refractivity contribution in [1.82, 2.24) is 25.0 Å². The zero-order valence-electron chi connectivity index (χ0n) is 18.4. The Bertz CT molecular complexity index is 1100. The van der Waals surface area contributed by atoms with E-state index in [-0.39, 0.29) is 11.9 Å². The molecule has 0 aliphatic carbocycles. The van der Waals surface area contributed by atoms with Crippen molar-refractivity contribution in [2.75, 3.05) is 19.6 Å². The molecule has 34 heavy (non-hydrogen) atoms. The van der Waals surface area contributed by atoms with Crippen LogP contribution in [0.4, 0.5) is 13.2 Å². The number of aliphatic carboxylic acids is 1. The van der Waals surface area contributed by atoms with Crippen LogP contribution in [0.3, 0.4) is 0 Å². The highest BCUT2D eigenvalue weighted by Crippen LogP contribution is 2.26. The molecular formula is C23H24F3N5O3. The van der Waals surface area contributed by atoms with E-state index in [0.29, 0.717) is 5.69 Å². The lowest BCUT2D eigenvalue weighted by molar-refractivity contribution is -0.192. The first kappa shape index (κ1) is 24.9. The second-order valence-electron chi connectivity index (χ2n) is 7.56. The number of carboxylic acid groups (broad SMARTS) is 1. The van der Waals surface area contributed by atoms with Crippen molar-refractivity contribution in [2.24, 2.45) is 7.05 Å². The number of alkyl halides is 3. The Morgan fingerprint density at radius 1 is 1.12 bits per heavy atom. The van der Waals surface area contributed by atoms with Gasteiger partial charge in [0.2, 0.25) is 0 Å². The average Bonchev–Trinajstić information content (AvgIpc) is 3.04. The topological polar surface area (TPSA) is 100 Å². The Balaban J connectivity index is 0.000000406. The fraction of sp³-hybridized carbons (Fsp3) is 0.304. The van der Waals surface area contributed by atoms with Crippen molar-refractivity contribution in [3.8, 4) is 11.3 Å². The number of amides is 1. The Labute approximate surface area is 194 Å². The van der Waals surface area contributed by atoms with Gasteiger partial charge in [-0.05, 0) is 36.7 Å². The van der Waals surface area contributed by atoms with E-state index in [1.54, 1.807) is 17.1 Å². The number of benzene rings is 1. The molecule has 4 rings (SSSR count). The van der Waals surface area contributed by atoms with E-state index in [0.717, 1.165) is 42.9 Å². The summed E-state index contributed by atoms with van der Waals surface area (Å²) in [5, 5.41) is 15.1. The van der Waals surface area contributed by atoms with Gasteiger partial charge >= 0.3 is 12.1 Å². The van der Waals surface area contributed by atoms with Crippen LogP contribution in [0.15, 0.2) is 60.9 Å². The number of nitrogens with zero attached hydrogens (tertiary/aromatic N) is 4. The number of pyridine rings is 1. The largest absolute Gasteiger partial charge is 0.490 e. The van der Waals surface area contributed by atoms with Gasteiger partial charge in [-0.15, -0.1) is 0 Å². The Morgan fingerprint density at radius 3 is 2.38 bits per heavy atom. The molecule has 3 heterocycles. The van der Waals surface area contributed by atoms with Gasteiger partial charge in [-0.3, -0.25) is 14.5 Å². The number of hydrogen-bond acceptors (Lipinski definition) is 5. The lowest BCUT2D eigenvalue weighted by atomic mass is 10.0. The van der Waals surface area contributed by atoms with Crippen molar-refractivity contribution in [3.63, 3.8) is 0 Å². The summed E-state index contributed by atoms with van der Waals surface area (Å²) in [5.41, 5.74) is 3.49. The zero-order valence-corrected chi connectivity index (χ0v) is 18.4. The summed E-state index contributed by atoms with van der Waals surface area (Å²) in [6.45, 7) is 2.40. The molecule has 3 aromatic rings. The molecule has 0 saturated carbocycles. The number of rotatable bonds is 3. The maximum atomic E-state index is 13.4. The van der Waals surface area contributed by atoms with Crippen LogP contribution in [0.1, 0.15) is 28.5 Å². The van der Waals surface area contributed by atoms with Crippen molar-refractivity contribution < 1.29 is 27.9 Å². The lowest BCUT2D eigenvalue weighted by Gasteiger charge is -2.30. The SMILES string of the molecule is Cn1nc(-c2ccncc2)cc1C(=O)N1CCCNCC1c1ccccc1.O=C(O)C(F)(F)F. The molecule has 11 heteroatoms. The summed E-state index contributed by atoms with van der Waals surface area (Å²) in [4.78, 5) is 28.3. The van der Waals surface area contributed by atoms with Gasteiger partial charge in [-0.25, -0.2) is 4.79 Å². The number of carbonyl (C=O) groups excluding carboxylic acids is 1. The first-order valence-corrected chi connectivity index (χ1v) is 10.5. The number of halogens is 3. The van der Waals surface area contributed by atoms with Crippen molar-refractivity contribution in [1.29, 1.82) is 0 Å². The molecule has 1 amide bonds. The molecule has 1 unspecified atom stereocenters. The molecule has 0 radical (unpaired) electrons. The zero-order chi connectivity index (χ0) is 24.7. The lowest BCUT2D eigenvalue weighted by Crippen LogP contribution is -2.38. The Hall–Kier alpha value is -3.73. The van der Waals surface area contributed by atoms with Crippen molar-refractivity contribution >= 4 is 11.9 Å². The molecule has 1 saturated heterocycles. The van der Waals surface area contributed by atoms with Gasteiger partial charge in [0.15, 0.2) is 0 Å². The van der Waals surface area contributed by atoms with Gasteiger partial charge in [-0.2, -0.15) is 18.3 Å². The third-order valence-electron chi connectivity index (χ3n) is 5.23. The predicted molar refractivity (Wildman–Crippen MR) is 118 cm³/mol. The second kappa shape index (κ2) is 10.9. The average molecular weight is 475 g/mol. The maximum absolute atomic E-state index is 13.4. The second-order valence-corrected chi connectivity index (χ2v) is 7.56. The van der Waals surface area contributed by atoms with Crippen LogP contribution in [0, 0.1) is 0 Å². The predicted octanol–water partition coefficient (Wildman–Crippen LogP) is 3.29. The summed E-state index contributed by atoms with van der Waals surface area (Å²) in [5.74, 6) is -2.74. The summed E-state index contributed by atoms with van der Waals surface area (Å²) < 4.78 is 33.4. The van der Waals surface area contributed by atoms with Gasteiger partial charge in [0.1, 0.15) is 5.69 Å². The van der Waals surface area contributed by atoms with Gasteiger partial charge in [0.05, 0.1) is 11.7 Å². The molecule has 0 bridgehead atoms. The molecule has 8 nitrogen and oxygen atoms in total. The van der Waals surface area contributed by atoms with Crippen LogP contribution < -0.4 is 5.32 Å². The number of carboxylic acids is 1. The van der Waals surface area contributed by atoms with Gasteiger partial charge in [0.25, 0.3) is 5.91 Å². The van der Waals surface area contributed by atoms with Crippen LogP contribution >= 0.6 is 0 Å². The van der Waals surface area contributed by atoms with Crippen molar-refractivity contribution in [2.45, 2.75) is 18.6 Å². The molecule has 1 aliphatic rings. The highest BCUT2D eigenvalue weighted by atomic mass is 19.4. The molecule has 1 atom stereocenters. The first-order chi connectivity index (χ1) is 16.2. The van der Waals surface area contributed by atoms with Crippen LogP contribution in [0.25, 0.3) is 11.3 Å². The smallest absolute Gasteiger partial charge is 0.475 e. The van der Waals surface area contributed by atoms with E-state index in [4.69, 9.17) is 9.90 Å². The maximum Gasteiger partial charge on any atom is 0.490 e. The van der Waals surface area contributed by atoms with Crippen LogP contribution in [0.2, 0.25) is 0 Å². The third kappa shape index (κ3) is 6.19. The third-order valence-corrected chi connectivity index (χ3v) is 5.23. The number of nitrogens with one attached hydrogen (secondary N) is 1. The molecule has 2 aromatic heterocycles. The van der Waals surface area contributed by atoms with E-state index in [2.05, 4.69) is 27.5 Å². The minimum absolute atomic E-state index is 0.0143. The minimum Gasteiger partial charge on any atom is -0.475 e. The summed E-state index contributed by atoms with van der Waals surface area (Å²) in [6.07, 6.45) is -0.682. The van der Waals surface area contributed by atoms with Gasteiger partial charge < -0.3 is 15.3 Å². The van der Waals surface area contributed by atoms with E-state index < -0.39 is 12.1 Å². The van der Waals surface area contributed by atoms with E-state index in [1.165, 1.54) is 0 Å². The van der Waals surface area contributed by atoms with E-state index in [9.17, 15) is 18.0 Å². The van der Waals surface area contributed by atoms with E-state index >= 15 is 0 Å². The molecule has 1 aliphatic heterocycles. The normalized spacial score (nSPS) is 16.2. The quantitative estimate of drug-likeness (QED) is 0.603. The number of aryl methyl sites for hydroxylation is 1. The summed E-state index contributed by atoms with van der Waals surface area (Å²) >= 11 is 0. The highest BCUT2D eigenvalue weighted by molar-refractivity contribution is 5.94. The number of carbonyl (C=O) groups is 2. The number of aromatic nitrogens is 3. The van der Waals surface area contributed by atoms with Crippen LogP contribution in [-0.4, -0.2) is 62.5 Å². The van der Waals surface area contributed by atoms with Gasteiger partial charge in [0, 0.05) is 38.1 Å². The van der Waals surface area contributed by atoms with Gasteiger partial charge in [-0.1, -0.05) is 30.3 Å². The molecule has 0 spiro atoms. The standard InChI is InChI=1S/C21H23N5O.C2HF3O2/c1-25-19(14-18(24-25)16-8-11-22-12-9-16)21(27)26-13-5-10-23-15-20(26)17-6-3-2-4-7-17;3-2(4,5)1(6)7/h2-4,6-9,11-12,14,20,23H,5,10,13,15H2,1H3;(H,6,7). The Morgan fingerprint density at radius 2 is 1.76 bits per heavy atom. The first-order valence-electron chi connectivity index (χ1n) is 10.5. The molecule has 1 fully saturated rings.